The molecule has 0 aliphatic carbocycles. The van der Waals surface area contributed by atoms with Crippen LogP contribution >= 0.6 is 11.6 Å². The number of H-pyrrole nitrogens is 1. The van der Waals surface area contributed by atoms with Crippen molar-refractivity contribution >= 4 is 17.3 Å². The van der Waals surface area contributed by atoms with E-state index in [0.717, 1.165) is 6.42 Å². The highest BCUT2D eigenvalue weighted by molar-refractivity contribution is 6.32. The third-order valence-electron chi connectivity index (χ3n) is 2.02. The van der Waals surface area contributed by atoms with Gasteiger partial charge in [0.1, 0.15) is 5.02 Å². The summed E-state index contributed by atoms with van der Waals surface area (Å²) in [6, 6.07) is 0.270. The summed E-state index contributed by atoms with van der Waals surface area (Å²) in [5.41, 5.74) is 0.229. The topological polar surface area (TPSA) is 57.8 Å². The Morgan fingerprint density at radius 2 is 2.20 bits per heavy atom. The summed E-state index contributed by atoms with van der Waals surface area (Å²) in [6.45, 7) is 6.35. The molecular formula is C10H16ClN3O. The second kappa shape index (κ2) is 5.16. The van der Waals surface area contributed by atoms with E-state index in [-0.39, 0.29) is 16.6 Å². The molecule has 4 nitrogen and oxygen atoms in total. The van der Waals surface area contributed by atoms with Crippen molar-refractivity contribution in [1.29, 1.82) is 0 Å². The molecule has 0 saturated heterocycles. The van der Waals surface area contributed by atoms with Gasteiger partial charge in [0.2, 0.25) is 0 Å². The van der Waals surface area contributed by atoms with Crippen molar-refractivity contribution in [2.45, 2.75) is 33.2 Å². The molecule has 15 heavy (non-hydrogen) atoms. The molecule has 1 unspecified atom stereocenters. The van der Waals surface area contributed by atoms with Crippen LogP contribution in [0.15, 0.2) is 11.0 Å². The van der Waals surface area contributed by atoms with E-state index in [4.69, 9.17) is 11.6 Å². The molecule has 0 fully saturated rings. The van der Waals surface area contributed by atoms with Crippen LogP contribution in [0.4, 0.5) is 5.69 Å². The normalized spacial score (nSPS) is 12.9. The van der Waals surface area contributed by atoms with Crippen molar-refractivity contribution in [1.82, 2.24) is 10.2 Å². The van der Waals surface area contributed by atoms with E-state index >= 15 is 0 Å². The van der Waals surface area contributed by atoms with Gasteiger partial charge in [0.15, 0.2) is 0 Å². The number of nitrogens with zero attached hydrogens (tertiary/aromatic N) is 1. The lowest BCUT2D eigenvalue weighted by Gasteiger charge is -2.17. The second-order valence-electron chi connectivity index (χ2n) is 4.10. The average Bonchev–Trinajstić information content (AvgIpc) is 2.11. The molecule has 0 aromatic carbocycles. The Labute approximate surface area is 94.0 Å². The third kappa shape index (κ3) is 3.55. The maximum atomic E-state index is 11.2. The molecule has 5 heteroatoms. The minimum Gasteiger partial charge on any atom is -0.380 e. The fourth-order valence-corrected chi connectivity index (χ4v) is 1.66. The number of hydrogen-bond donors (Lipinski definition) is 2. The summed E-state index contributed by atoms with van der Waals surface area (Å²) in [6.07, 6.45) is 2.55. The Kier molecular flexibility index (Phi) is 4.15. The van der Waals surface area contributed by atoms with Crippen LogP contribution < -0.4 is 10.9 Å². The first kappa shape index (κ1) is 12.0. The first-order valence-corrected chi connectivity index (χ1v) is 5.38. The maximum Gasteiger partial charge on any atom is 0.285 e. The number of nitrogens with one attached hydrogen (secondary N) is 2. The number of aromatic nitrogens is 2. The van der Waals surface area contributed by atoms with E-state index in [1.807, 2.05) is 0 Å². The molecule has 0 aliphatic rings. The van der Waals surface area contributed by atoms with Crippen LogP contribution in [0.3, 0.4) is 0 Å². The Bertz CT molecular complexity index is 375. The van der Waals surface area contributed by atoms with Crippen LogP contribution in [0.25, 0.3) is 0 Å². The Balaban J connectivity index is 2.72. The molecule has 1 rings (SSSR count). The molecule has 1 heterocycles. The molecule has 0 radical (unpaired) electrons. The predicted octanol–water partition coefficient (Wildman–Crippen LogP) is 2.27. The molecule has 0 aliphatic heterocycles. The number of halogens is 1. The Hall–Kier alpha value is -1.03. The molecule has 1 aromatic rings. The van der Waals surface area contributed by atoms with E-state index in [9.17, 15) is 4.79 Å². The van der Waals surface area contributed by atoms with Gasteiger partial charge in [-0.1, -0.05) is 25.4 Å². The molecule has 0 bridgehead atoms. The van der Waals surface area contributed by atoms with Crippen LogP contribution in [-0.4, -0.2) is 16.2 Å². The fraction of sp³-hybridized carbons (Fsp3) is 0.600. The summed E-state index contributed by atoms with van der Waals surface area (Å²) in [5, 5.41) is 9.30. The van der Waals surface area contributed by atoms with Gasteiger partial charge in [-0.3, -0.25) is 4.79 Å². The Morgan fingerprint density at radius 3 is 2.80 bits per heavy atom. The van der Waals surface area contributed by atoms with E-state index in [1.165, 1.54) is 6.20 Å². The molecule has 0 saturated carbocycles. The van der Waals surface area contributed by atoms with Gasteiger partial charge in [0.25, 0.3) is 5.56 Å². The van der Waals surface area contributed by atoms with Crippen molar-refractivity contribution in [2.75, 3.05) is 5.32 Å². The zero-order valence-electron chi connectivity index (χ0n) is 9.17. The van der Waals surface area contributed by atoms with Crippen LogP contribution in [-0.2, 0) is 0 Å². The molecule has 1 aromatic heterocycles. The summed E-state index contributed by atoms with van der Waals surface area (Å²) >= 11 is 5.83. The monoisotopic (exact) mass is 229 g/mol. The SMILES string of the molecule is CC(C)CC(C)Nc1cn[nH]c(=O)c1Cl. The standard InChI is InChI=1S/C10H16ClN3O/c1-6(2)4-7(3)13-8-5-12-14-10(15)9(8)11/h5-7H,4H2,1-3H3,(H2,13,14,15). The van der Waals surface area contributed by atoms with E-state index in [1.54, 1.807) is 0 Å². The first-order chi connectivity index (χ1) is 7.00. The van der Waals surface area contributed by atoms with Gasteiger partial charge < -0.3 is 5.32 Å². The Morgan fingerprint density at radius 1 is 1.53 bits per heavy atom. The van der Waals surface area contributed by atoms with Crippen LogP contribution in [0, 0.1) is 5.92 Å². The third-order valence-corrected chi connectivity index (χ3v) is 2.40. The van der Waals surface area contributed by atoms with Crippen molar-refractivity contribution in [3.05, 3.63) is 21.6 Å². The van der Waals surface area contributed by atoms with E-state index in [2.05, 4.69) is 36.3 Å². The van der Waals surface area contributed by atoms with Crippen molar-refractivity contribution in [3.63, 3.8) is 0 Å². The lowest BCUT2D eigenvalue weighted by Crippen LogP contribution is -2.20. The van der Waals surface area contributed by atoms with Crippen molar-refractivity contribution < 1.29 is 0 Å². The van der Waals surface area contributed by atoms with Gasteiger partial charge in [-0.15, -0.1) is 0 Å². The fourth-order valence-electron chi connectivity index (χ4n) is 1.52. The van der Waals surface area contributed by atoms with Gasteiger partial charge in [-0.2, -0.15) is 5.10 Å². The van der Waals surface area contributed by atoms with Gasteiger partial charge in [0, 0.05) is 6.04 Å². The summed E-state index contributed by atoms with van der Waals surface area (Å²) in [5.74, 6) is 0.598. The minimum absolute atomic E-state index is 0.167. The highest BCUT2D eigenvalue weighted by Gasteiger charge is 2.09. The number of hydrogen-bond acceptors (Lipinski definition) is 3. The summed E-state index contributed by atoms with van der Waals surface area (Å²) in [4.78, 5) is 11.2. The van der Waals surface area contributed by atoms with Crippen LogP contribution in [0.1, 0.15) is 27.2 Å². The zero-order chi connectivity index (χ0) is 11.4. The van der Waals surface area contributed by atoms with Gasteiger partial charge in [-0.25, -0.2) is 5.10 Å². The second-order valence-corrected chi connectivity index (χ2v) is 4.48. The highest BCUT2D eigenvalue weighted by atomic mass is 35.5. The zero-order valence-corrected chi connectivity index (χ0v) is 9.93. The minimum atomic E-state index is -0.363. The van der Waals surface area contributed by atoms with Crippen LogP contribution in [0.5, 0.6) is 0 Å². The van der Waals surface area contributed by atoms with Crippen LogP contribution in [0.2, 0.25) is 5.02 Å². The van der Waals surface area contributed by atoms with E-state index in [0.29, 0.717) is 11.6 Å². The van der Waals surface area contributed by atoms with Gasteiger partial charge >= 0.3 is 0 Å². The van der Waals surface area contributed by atoms with Gasteiger partial charge in [-0.05, 0) is 19.3 Å². The summed E-state index contributed by atoms with van der Waals surface area (Å²) < 4.78 is 0. The lowest BCUT2D eigenvalue weighted by atomic mass is 10.1. The van der Waals surface area contributed by atoms with Gasteiger partial charge in [0.05, 0.1) is 11.9 Å². The first-order valence-electron chi connectivity index (χ1n) is 5.00. The van der Waals surface area contributed by atoms with Crippen molar-refractivity contribution in [2.24, 2.45) is 5.92 Å². The van der Waals surface area contributed by atoms with Crippen molar-refractivity contribution in [3.8, 4) is 0 Å². The molecule has 2 N–H and O–H groups in total. The molecular weight excluding hydrogens is 214 g/mol. The molecule has 84 valence electrons. The molecule has 0 spiro atoms. The number of anilines is 1. The highest BCUT2D eigenvalue weighted by Crippen LogP contribution is 2.17. The number of rotatable bonds is 4. The quantitative estimate of drug-likeness (QED) is 0.833. The largest absolute Gasteiger partial charge is 0.380 e. The number of aromatic amines is 1. The van der Waals surface area contributed by atoms with E-state index < -0.39 is 0 Å². The smallest absolute Gasteiger partial charge is 0.285 e. The average molecular weight is 230 g/mol. The molecule has 0 amide bonds. The maximum absolute atomic E-state index is 11.2. The molecule has 1 atom stereocenters. The summed E-state index contributed by atoms with van der Waals surface area (Å²) in [7, 11) is 0. The lowest BCUT2D eigenvalue weighted by molar-refractivity contribution is 0.539. The predicted molar refractivity (Wildman–Crippen MR) is 62.4 cm³/mol.